The van der Waals surface area contributed by atoms with Crippen LogP contribution < -0.4 is 4.90 Å². The summed E-state index contributed by atoms with van der Waals surface area (Å²) in [5, 5.41) is 0.622. The van der Waals surface area contributed by atoms with E-state index >= 15 is 0 Å². The summed E-state index contributed by atoms with van der Waals surface area (Å²) in [6.07, 6.45) is 3.54. The minimum atomic E-state index is -3.69. The molecule has 5 rings (SSSR count). The van der Waals surface area contributed by atoms with E-state index in [0.717, 1.165) is 47.0 Å². The van der Waals surface area contributed by atoms with Gasteiger partial charge in [-0.05, 0) is 81.0 Å². The second-order valence-electron chi connectivity index (χ2n) is 9.85. The molecule has 2 aliphatic rings. The van der Waals surface area contributed by atoms with Gasteiger partial charge in [0.15, 0.2) is 5.13 Å². The van der Waals surface area contributed by atoms with Gasteiger partial charge < -0.3 is 9.47 Å². The number of aromatic nitrogens is 1. The van der Waals surface area contributed by atoms with E-state index in [2.05, 4.69) is 13.0 Å². The number of likely N-dealkylation sites (N-methyl/N-ethyl adjacent to an activating group) is 1. The molecule has 2 unspecified atom stereocenters. The van der Waals surface area contributed by atoms with Gasteiger partial charge in [-0.2, -0.15) is 4.31 Å². The Kier molecular flexibility index (Phi) is 7.65. The Labute approximate surface area is 222 Å². The molecule has 0 radical (unpaired) electrons. The lowest BCUT2D eigenvalue weighted by Gasteiger charge is -2.23. The summed E-state index contributed by atoms with van der Waals surface area (Å²) in [7, 11) is -2.12. The van der Waals surface area contributed by atoms with Crippen LogP contribution in [0.4, 0.5) is 5.13 Å². The number of amides is 1. The number of benzene rings is 2. The van der Waals surface area contributed by atoms with Crippen molar-refractivity contribution in [3.8, 4) is 0 Å². The van der Waals surface area contributed by atoms with Crippen LogP contribution in [0.3, 0.4) is 0 Å². The highest BCUT2D eigenvalue weighted by molar-refractivity contribution is 7.89. The lowest BCUT2D eigenvalue weighted by atomic mass is 10.1. The number of thiazole rings is 1. The van der Waals surface area contributed by atoms with Crippen molar-refractivity contribution >= 4 is 42.6 Å². The van der Waals surface area contributed by atoms with Gasteiger partial charge in [-0.25, -0.2) is 13.4 Å². The van der Waals surface area contributed by atoms with Crippen molar-refractivity contribution < 1.29 is 22.7 Å². The second-order valence-corrected chi connectivity index (χ2v) is 12.9. The fourth-order valence-corrected chi connectivity index (χ4v) is 7.08. The molecule has 37 heavy (non-hydrogen) atoms. The predicted octanol–water partition coefficient (Wildman–Crippen LogP) is 4.54. The van der Waals surface area contributed by atoms with Crippen LogP contribution in [0, 0.1) is 13.8 Å². The van der Waals surface area contributed by atoms with Crippen LogP contribution in [0.1, 0.15) is 47.2 Å². The average Bonchev–Trinajstić information content (AvgIpc) is 3.67. The average molecular weight is 544 g/mol. The molecule has 0 saturated carbocycles. The van der Waals surface area contributed by atoms with Crippen LogP contribution in [0.5, 0.6) is 0 Å². The molecule has 0 N–H and O–H groups in total. The first-order chi connectivity index (χ1) is 17.7. The van der Waals surface area contributed by atoms with Crippen molar-refractivity contribution in [1.82, 2.24) is 9.29 Å². The topological polar surface area (TPSA) is 89.0 Å². The summed E-state index contributed by atoms with van der Waals surface area (Å²) in [6, 6.07) is 10.3. The molecular formula is C27H33N3O5S2. The number of fused-ring (bicyclic) bond motifs is 1. The zero-order chi connectivity index (χ0) is 26.2. The molecule has 1 amide bonds. The van der Waals surface area contributed by atoms with Gasteiger partial charge in [-0.1, -0.05) is 17.4 Å². The molecule has 3 aromatic rings. The minimum Gasteiger partial charge on any atom is -0.377 e. The molecule has 8 nitrogen and oxygen atoms in total. The molecule has 2 aliphatic heterocycles. The first kappa shape index (κ1) is 26.2. The van der Waals surface area contributed by atoms with Crippen LogP contribution in [-0.4, -0.2) is 69.2 Å². The Hall–Kier alpha value is -2.37. The predicted molar refractivity (Wildman–Crippen MR) is 145 cm³/mol. The van der Waals surface area contributed by atoms with Crippen LogP contribution in [0.2, 0.25) is 0 Å². The highest BCUT2D eigenvalue weighted by Gasteiger charge is 2.29. The maximum atomic E-state index is 13.7. The zero-order valence-electron chi connectivity index (χ0n) is 21.5. The lowest BCUT2D eigenvalue weighted by Crippen LogP contribution is -2.37. The molecule has 2 aromatic carbocycles. The lowest BCUT2D eigenvalue weighted by molar-refractivity contribution is 0.0917. The molecule has 2 saturated heterocycles. The number of sulfonamides is 1. The van der Waals surface area contributed by atoms with Crippen LogP contribution >= 0.6 is 11.3 Å². The van der Waals surface area contributed by atoms with Crippen LogP contribution in [-0.2, 0) is 19.5 Å². The molecule has 1 aromatic heterocycles. The molecular weight excluding hydrogens is 510 g/mol. The molecule has 2 atom stereocenters. The van der Waals surface area contributed by atoms with Gasteiger partial charge in [0.1, 0.15) is 0 Å². The van der Waals surface area contributed by atoms with E-state index in [1.807, 2.05) is 13.0 Å². The quantitative estimate of drug-likeness (QED) is 0.415. The molecule has 0 spiro atoms. The monoisotopic (exact) mass is 543 g/mol. The zero-order valence-corrected chi connectivity index (χ0v) is 23.1. The number of nitrogens with zero attached hydrogens (tertiary/aromatic N) is 3. The van der Waals surface area contributed by atoms with Crippen LogP contribution in [0.15, 0.2) is 41.3 Å². The van der Waals surface area contributed by atoms with Gasteiger partial charge in [-0.15, -0.1) is 0 Å². The van der Waals surface area contributed by atoms with E-state index in [1.165, 1.54) is 27.8 Å². The van der Waals surface area contributed by atoms with E-state index in [-0.39, 0.29) is 23.0 Å². The first-order valence-corrected chi connectivity index (χ1v) is 15.0. The maximum Gasteiger partial charge on any atom is 0.260 e. The molecule has 2 fully saturated rings. The highest BCUT2D eigenvalue weighted by Crippen LogP contribution is 2.33. The van der Waals surface area contributed by atoms with E-state index < -0.39 is 10.0 Å². The normalized spacial score (nSPS) is 20.2. The molecule has 10 heteroatoms. The summed E-state index contributed by atoms with van der Waals surface area (Å²) in [4.78, 5) is 20.4. The third-order valence-electron chi connectivity index (χ3n) is 7.25. The first-order valence-electron chi connectivity index (χ1n) is 12.7. The highest BCUT2D eigenvalue weighted by atomic mass is 32.2. The number of hydrogen-bond donors (Lipinski definition) is 0. The maximum absolute atomic E-state index is 13.7. The summed E-state index contributed by atoms with van der Waals surface area (Å²) < 4.78 is 40.0. The number of anilines is 1. The number of ether oxygens (including phenoxy) is 2. The Balaban J connectivity index is 1.41. The SMILES string of the molecule is Cc1ccc2sc(N(CC3CCCO3)C(=O)c3ccc(S(=O)(=O)N(C)CC4CCCO4)cc3)nc2c1C. The largest absolute Gasteiger partial charge is 0.377 e. The molecule has 198 valence electrons. The number of aryl methyl sites for hydroxylation is 2. The van der Waals surface area contributed by atoms with Gasteiger partial charge in [0.2, 0.25) is 10.0 Å². The molecule has 3 heterocycles. The van der Waals surface area contributed by atoms with Crippen molar-refractivity contribution in [2.45, 2.75) is 56.6 Å². The van der Waals surface area contributed by atoms with E-state index in [1.54, 1.807) is 24.1 Å². The fourth-order valence-electron chi connectivity index (χ4n) is 4.85. The number of carbonyl (C=O) groups is 1. The Morgan fingerprint density at radius 1 is 1.00 bits per heavy atom. The Morgan fingerprint density at radius 3 is 2.27 bits per heavy atom. The third kappa shape index (κ3) is 5.44. The fraction of sp³-hybridized carbons (Fsp3) is 0.481. The minimum absolute atomic E-state index is 0.0510. The number of rotatable bonds is 8. The van der Waals surface area contributed by atoms with Crippen LogP contribution in [0.25, 0.3) is 10.2 Å². The number of carbonyl (C=O) groups excluding carboxylic acids is 1. The van der Waals surface area contributed by atoms with Gasteiger partial charge >= 0.3 is 0 Å². The third-order valence-corrected chi connectivity index (χ3v) is 10.1. The number of hydrogen-bond acceptors (Lipinski definition) is 7. The van der Waals surface area contributed by atoms with Gasteiger partial charge in [0.25, 0.3) is 5.91 Å². The van der Waals surface area contributed by atoms with Gasteiger partial charge in [0, 0.05) is 32.4 Å². The smallest absolute Gasteiger partial charge is 0.260 e. The molecule has 0 bridgehead atoms. The van der Waals surface area contributed by atoms with Crippen molar-refractivity contribution in [2.24, 2.45) is 0 Å². The van der Waals surface area contributed by atoms with Gasteiger partial charge in [-0.3, -0.25) is 9.69 Å². The van der Waals surface area contributed by atoms with E-state index in [0.29, 0.717) is 37.0 Å². The van der Waals surface area contributed by atoms with Crippen molar-refractivity contribution in [1.29, 1.82) is 0 Å². The Bertz CT molecular complexity index is 1380. The summed E-state index contributed by atoms with van der Waals surface area (Å²) >= 11 is 1.48. The molecule has 0 aliphatic carbocycles. The van der Waals surface area contributed by atoms with Crippen molar-refractivity contribution in [2.75, 3.05) is 38.3 Å². The summed E-state index contributed by atoms with van der Waals surface area (Å²) in [5.41, 5.74) is 3.57. The van der Waals surface area contributed by atoms with Gasteiger partial charge in [0.05, 0.1) is 33.9 Å². The summed E-state index contributed by atoms with van der Waals surface area (Å²) in [6.45, 7) is 6.18. The standard InChI is InChI=1S/C27H33N3O5S2/c1-18-8-13-24-25(19(18)2)28-27(36-24)30(17-22-7-5-15-35-22)26(31)20-9-11-23(12-10-20)37(32,33)29(3)16-21-6-4-14-34-21/h8-13,21-22H,4-7,14-17H2,1-3H3. The second kappa shape index (κ2) is 10.8. The van der Waals surface area contributed by atoms with Crippen molar-refractivity contribution in [3.05, 3.63) is 53.1 Å². The Morgan fingerprint density at radius 2 is 1.65 bits per heavy atom. The van der Waals surface area contributed by atoms with Crippen molar-refractivity contribution in [3.63, 3.8) is 0 Å². The van der Waals surface area contributed by atoms with E-state index in [9.17, 15) is 13.2 Å². The van der Waals surface area contributed by atoms with E-state index in [4.69, 9.17) is 14.5 Å². The summed E-state index contributed by atoms with van der Waals surface area (Å²) in [5.74, 6) is -0.222.